The highest BCUT2D eigenvalue weighted by atomic mass is 35.5. The fourth-order valence-electron chi connectivity index (χ4n) is 3.27. The first-order valence-electron chi connectivity index (χ1n) is 7.99. The smallest absolute Gasteiger partial charge is 0.274 e. The van der Waals surface area contributed by atoms with Gasteiger partial charge in [0.25, 0.3) is 5.91 Å². The molecule has 0 aromatic carbocycles. The summed E-state index contributed by atoms with van der Waals surface area (Å²) in [5.41, 5.74) is 2.75. The fraction of sp³-hybridized carbons (Fsp3) is 0.733. The highest BCUT2D eigenvalue weighted by Gasteiger charge is 2.30. The van der Waals surface area contributed by atoms with Crippen LogP contribution < -0.4 is 5.32 Å². The summed E-state index contributed by atoms with van der Waals surface area (Å²) < 4.78 is 5.15. The Morgan fingerprint density at radius 1 is 1.43 bits per heavy atom. The summed E-state index contributed by atoms with van der Waals surface area (Å²) in [4.78, 5) is 17.1. The second kappa shape index (κ2) is 8.10. The molecular formula is C15H26ClN5O2. The number of ether oxygens (including phenoxy) is 1. The third-order valence-electron chi connectivity index (χ3n) is 4.64. The van der Waals surface area contributed by atoms with Gasteiger partial charge in [0, 0.05) is 70.1 Å². The Bertz CT molecular complexity index is 536. The number of amides is 1. The van der Waals surface area contributed by atoms with Crippen molar-refractivity contribution in [1.82, 2.24) is 25.3 Å². The van der Waals surface area contributed by atoms with Crippen LogP contribution in [0.2, 0.25) is 0 Å². The molecule has 2 N–H and O–H groups in total. The topological polar surface area (TPSA) is 73.5 Å². The van der Waals surface area contributed by atoms with Crippen LogP contribution in [0.25, 0.3) is 0 Å². The number of H-pyrrole nitrogens is 1. The normalized spacial score (nSPS) is 21.7. The molecule has 0 bridgehead atoms. The Kier molecular flexibility index (Phi) is 6.41. The molecule has 2 aliphatic rings. The van der Waals surface area contributed by atoms with Crippen LogP contribution in [0.4, 0.5) is 0 Å². The van der Waals surface area contributed by atoms with E-state index in [0.717, 1.165) is 63.6 Å². The Morgan fingerprint density at radius 2 is 2.26 bits per heavy atom. The van der Waals surface area contributed by atoms with Crippen molar-refractivity contribution >= 4 is 18.3 Å². The molecule has 1 atom stereocenters. The first kappa shape index (κ1) is 18.2. The molecule has 0 radical (unpaired) electrons. The van der Waals surface area contributed by atoms with Crippen LogP contribution in [0, 0.1) is 0 Å². The average Bonchev–Trinajstić information content (AvgIpc) is 2.97. The Balaban J connectivity index is 0.00000192. The van der Waals surface area contributed by atoms with E-state index in [2.05, 4.69) is 27.3 Å². The predicted molar refractivity (Wildman–Crippen MR) is 90.1 cm³/mol. The molecule has 1 aromatic rings. The molecule has 7 nitrogen and oxygen atoms in total. The van der Waals surface area contributed by atoms with E-state index in [-0.39, 0.29) is 18.3 Å². The quantitative estimate of drug-likeness (QED) is 0.821. The van der Waals surface area contributed by atoms with Gasteiger partial charge in [0.15, 0.2) is 5.69 Å². The van der Waals surface area contributed by atoms with Crippen LogP contribution in [0.15, 0.2) is 0 Å². The van der Waals surface area contributed by atoms with Crippen molar-refractivity contribution in [2.24, 2.45) is 0 Å². The summed E-state index contributed by atoms with van der Waals surface area (Å²) >= 11 is 0. The van der Waals surface area contributed by atoms with E-state index < -0.39 is 0 Å². The van der Waals surface area contributed by atoms with E-state index in [1.165, 1.54) is 0 Å². The number of aromatic amines is 1. The number of halogens is 1. The molecular weight excluding hydrogens is 318 g/mol. The van der Waals surface area contributed by atoms with Crippen molar-refractivity contribution in [3.05, 3.63) is 17.0 Å². The largest absolute Gasteiger partial charge is 0.383 e. The van der Waals surface area contributed by atoms with Crippen molar-refractivity contribution < 1.29 is 9.53 Å². The van der Waals surface area contributed by atoms with E-state index in [1.54, 1.807) is 7.11 Å². The van der Waals surface area contributed by atoms with Crippen molar-refractivity contribution in [1.29, 1.82) is 0 Å². The summed E-state index contributed by atoms with van der Waals surface area (Å²) in [6.45, 7) is 7.88. The summed E-state index contributed by atoms with van der Waals surface area (Å²) in [5, 5.41) is 10.6. The Labute approximate surface area is 143 Å². The van der Waals surface area contributed by atoms with Crippen molar-refractivity contribution in [3.8, 4) is 0 Å². The van der Waals surface area contributed by atoms with E-state index in [1.807, 2.05) is 4.90 Å². The number of hydrogen-bond acceptors (Lipinski definition) is 5. The van der Waals surface area contributed by atoms with Gasteiger partial charge < -0.3 is 15.0 Å². The number of carbonyl (C=O) groups is 1. The van der Waals surface area contributed by atoms with Crippen molar-refractivity contribution in [2.75, 3.05) is 46.4 Å². The maximum absolute atomic E-state index is 12.8. The second-order valence-electron chi connectivity index (χ2n) is 6.09. The van der Waals surface area contributed by atoms with Crippen LogP contribution in [-0.4, -0.2) is 78.4 Å². The Hall–Kier alpha value is -1.15. The van der Waals surface area contributed by atoms with Crippen LogP contribution >= 0.6 is 12.4 Å². The van der Waals surface area contributed by atoms with Gasteiger partial charge in [-0.15, -0.1) is 12.4 Å². The van der Waals surface area contributed by atoms with Gasteiger partial charge in [-0.1, -0.05) is 0 Å². The van der Waals surface area contributed by atoms with Gasteiger partial charge in [-0.25, -0.2) is 0 Å². The monoisotopic (exact) mass is 343 g/mol. The highest BCUT2D eigenvalue weighted by Crippen LogP contribution is 2.19. The zero-order chi connectivity index (χ0) is 15.5. The molecule has 3 heterocycles. The molecule has 1 fully saturated rings. The number of nitrogens with one attached hydrogen (secondary N) is 2. The lowest BCUT2D eigenvalue weighted by atomic mass is 10.1. The lowest BCUT2D eigenvalue weighted by Gasteiger charge is -2.39. The molecule has 130 valence electrons. The Morgan fingerprint density at radius 3 is 3.00 bits per heavy atom. The van der Waals surface area contributed by atoms with Gasteiger partial charge in [-0.3, -0.25) is 14.8 Å². The maximum Gasteiger partial charge on any atom is 0.274 e. The molecule has 1 unspecified atom stereocenters. The average molecular weight is 344 g/mol. The summed E-state index contributed by atoms with van der Waals surface area (Å²) in [5.74, 6) is 0.0550. The van der Waals surface area contributed by atoms with Crippen LogP contribution in [0.5, 0.6) is 0 Å². The number of carbonyl (C=O) groups excluding carboxylic acids is 1. The minimum atomic E-state index is 0. The minimum Gasteiger partial charge on any atom is -0.383 e. The highest BCUT2D eigenvalue weighted by molar-refractivity contribution is 5.94. The van der Waals surface area contributed by atoms with E-state index in [9.17, 15) is 4.79 Å². The van der Waals surface area contributed by atoms with Crippen LogP contribution in [-0.2, 0) is 17.7 Å². The van der Waals surface area contributed by atoms with Gasteiger partial charge in [0.2, 0.25) is 0 Å². The number of piperazine rings is 1. The molecule has 1 saturated heterocycles. The van der Waals surface area contributed by atoms with Gasteiger partial charge in [-0.2, -0.15) is 5.10 Å². The number of methoxy groups -OCH3 is 1. The van der Waals surface area contributed by atoms with Gasteiger partial charge >= 0.3 is 0 Å². The standard InChI is InChI=1S/C15H25N5O2.ClH/c1-11-10-20(6-5-19(11)7-8-22-2)15(21)14-12-9-16-4-3-13(12)17-18-14;/h11,16H,3-10H2,1-2H3,(H,17,18);1H. The predicted octanol–water partition coefficient (Wildman–Crippen LogP) is 0.270. The SMILES string of the molecule is COCCN1CCN(C(=O)c2n[nH]c3c2CNCC3)CC1C.Cl. The lowest BCUT2D eigenvalue weighted by molar-refractivity contribution is 0.0429. The molecule has 0 aliphatic carbocycles. The van der Waals surface area contributed by atoms with E-state index in [4.69, 9.17) is 4.74 Å². The maximum atomic E-state index is 12.8. The number of nitrogens with zero attached hydrogens (tertiary/aromatic N) is 3. The van der Waals surface area contributed by atoms with E-state index in [0.29, 0.717) is 11.7 Å². The number of fused-ring (bicyclic) bond motifs is 1. The number of hydrogen-bond donors (Lipinski definition) is 2. The molecule has 0 spiro atoms. The van der Waals surface area contributed by atoms with Crippen LogP contribution in [0.1, 0.15) is 28.7 Å². The van der Waals surface area contributed by atoms with Gasteiger partial charge in [0.05, 0.1) is 6.61 Å². The van der Waals surface area contributed by atoms with Gasteiger partial charge in [0.1, 0.15) is 0 Å². The molecule has 8 heteroatoms. The van der Waals surface area contributed by atoms with Gasteiger partial charge in [-0.05, 0) is 6.92 Å². The summed E-state index contributed by atoms with van der Waals surface area (Å²) in [7, 11) is 1.72. The zero-order valence-corrected chi connectivity index (χ0v) is 14.6. The second-order valence-corrected chi connectivity index (χ2v) is 6.09. The number of rotatable bonds is 4. The minimum absolute atomic E-state index is 0. The van der Waals surface area contributed by atoms with E-state index >= 15 is 0 Å². The van der Waals surface area contributed by atoms with Crippen LogP contribution in [0.3, 0.4) is 0 Å². The third-order valence-corrected chi connectivity index (χ3v) is 4.64. The first-order chi connectivity index (χ1) is 10.7. The zero-order valence-electron chi connectivity index (χ0n) is 13.8. The molecule has 1 amide bonds. The molecule has 1 aromatic heterocycles. The van der Waals surface area contributed by atoms with Crippen molar-refractivity contribution in [2.45, 2.75) is 25.9 Å². The molecule has 2 aliphatic heterocycles. The fourth-order valence-corrected chi connectivity index (χ4v) is 3.27. The number of aromatic nitrogens is 2. The molecule has 3 rings (SSSR count). The summed E-state index contributed by atoms with van der Waals surface area (Å²) in [6.07, 6.45) is 0.914. The molecule has 23 heavy (non-hydrogen) atoms. The third kappa shape index (κ3) is 3.85. The molecule has 0 saturated carbocycles. The van der Waals surface area contributed by atoms with Crippen molar-refractivity contribution in [3.63, 3.8) is 0 Å². The first-order valence-corrected chi connectivity index (χ1v) is 7.99. The summed E-state index contributed by atoms with van der Waals surface area (Å²) in [6, 6.07) is 0.348. The lowest BCUT2D eigenvalue weighted by Crippen LogP contribution is -2.54.